The number of rotatable bonds is 2. The first kappa shape index (κ1) is 17.7. The van der Waals surface area contributed by atoms with Crippen molar-refractivity contribution in [3.8, 4) is 0 Å². The molecule has 0 amide bonds. The molecule has 0 spiro atoms. The maximum Gasteiger partial charge on any atom is 0.134 e. The van der Waals surface area contributed by atoms with Gasteiger partial charge in [0.1, 0.15) is 18.5 Å². The van der Waals surface area contributed by atoms with E-state index in [-0.39, 0.29) is 18.5 Å². The van der Waals surface area contributed by atoms with Crippen molar-refractivity contribution in [1.29, 1.82) is 0 Å². The zero-order valence-corrected chi connectivity index (χ0v) is 17.9. The Bertz CT molecular complexity index is 1330. The number of nitrogens with zero attached hydrogens (tertiary/aromatic N) is 2. The van der Waals surface area contributed by atoms with E-state index < -0.39 is 0 Å². The van der Waals surface area contributed by atoms with Gasteiger partial charge >= 0.3 is 0 Å². The van der Waals surface area contributed by atoms with Gasteiger partial charge in [0.2, 0.25) is 0 Å². The fraction of sp³-hybridized carbons (Fsp3) is 0.143. The highest BCUT2D eigenvalue weighted by atomic mass is 15.5. The van der Waals surface area contributed by atoms with Gasteiger partial charge in [-0.15, -0.1) is 0 Å². The predicted molar refractivity (Wildman–Crippen MR) is 131 cm³/mol. The first-order valence-electron chi connectivity index (χ1n) is 11.2. The van der Waals surface area contributed by atoms with Crippen LogP contribution in [-0.2, 0) is 0 Å². The maximum absolute atomic E-state index is 3.87. The van der Waals surface area contributed by atoms with Crippen LogP contribution in [0, 0.1) is 6.92 Å². The summed E-state index contributed by atoms with van der Waals surface area (Å²) in [5.41, 5.74) is 10.1. The largest absolute Gasteiger partial charge is 0.361 e. The molecule has 0 unspecified atom stereocenters. The fourth-order valence-corrected chi connectivity index (χ4v) is 5.57. The molecule has 3 aliphatic rings. The van der Waals surface area contributed by atoms with Crippen molar-refractivity contribution in [2.75, 3.05) is 20.4 Å². The molecule has 4 aromatic rings. The first-order chi connectivity index (χ1) is 15.8. The van der Waals surface area contributed by atoms with Crippen LogP contribution >= 0.6 is 0 Å². The molecule has 3 atom stereocenters. The smallest absolute Gasteiger partial charge is 0.134 e. The third-order valence-electron chi connectivity index (χ3n) is 6.99. The van der Waals surface area contributed by atoms with Gasteiger partial charge in [-0.3, -0.25) is 0 Å². The van der Waals surface area contributed by atoms with E-state index in [4.69, 9.17) is 0 Å². The molecule has 0 radical (unpaired) electrons. The molecule has 3 heterocycles. The second-order valence-electron chi connectivity index (χ2n) is 8.85. The normalized spacial score (nSPS) is 21.7. The van der Waals surface area contributed by atoms with E-state index in [2.05, 4.69) is 124 Å². The Hall–Kier alpha value is -3.92. The third-order valence-corrected chi connectivity index (χ3v) is 6.99. The van der Waals surface area contributed by atoms with Crippen LogP contribution in [0.2, 0.25) is 0 Å². The minimum atomic E-state index is 0.0170. The third kappa shape index (κ3) is 2.38. The number of benzene rings is 4. The number of para-hydroxylation sites is 3. The molecule has 0 aliphatic carbocycles. The SMILES string of the molecule is Cc1ccc(N[C@@H]2c3ccccc3N3[C@H]4c5ccccc5N[C@H]3c3ccccc3N42)cc1. The Morgan fingerprint density at radius 1 is 0.656 bits per heavy atom. The lowest BCUT2D eigenvalue weighted by Gasteiger charge is -2.60. The minimum Gasteiger partial charge on any atom is -0.361 e. The molecule has 2 N–H and O–H groups in total. The second-order valence-corrected chi connectivity index (χ2v) is 8.85. The summed E-state index contributed by atoms with van der Waals surface area (Å²) in [5.74, 6) is 0. The Balaban J connectivity index is 1.49. The molecule has 156 valence electrons. The molecule has 0 aromatic heterocycles. The number of nitrogens with one attached hydrogen (secondary N) is 2. The molecule has 7 rings (SSSR count). The Morgan fingerprint density at radius 3 is 2.06 bits per heavy atom. The Labute approximate surface area is 188 Å². The summed E-state index contributed by atoms with van der Waals surface area (Å²) in [7, 11) is 0. The number of anilines is 4. The topological polar surface area (TPSA) is 30.5 Å². The molecule has 4 nitrogen and oxygen atoms in total. The molecule has 0 fully saturated rings. The van der Waals surface area contributed by atoms with E-state index in [1.165, 1.54) is 39.3 Å². The van der Waals surface area contributed by atoms with Crippen LogP contribution in [0.5, 0.6) is 0 Å². The lowest BCUT2D eigenvalue weighted by atomic mass is 9.88. The molecule has 0 saturated carbocycles. The van der Waals surface area contributed by atoms with Gasteiger partial charge in [-0.1, -0.05) is 72.3 Å². The van der Waals surface area contributed by atoms with Gasteiger partial charge in [-0.2, -0.15) is 0 Å². The Kier molecular flexibility index (Phi) is 3.62. The highest BCUT2D eigenvalue weighted by Crippen LogP contribution is 2.58. The zero-order valence-electron chi connectivity index (χ0n) is 17.9. The van der Waals surface area contributed by atoms with Crippen molar-refractivity contribution in [1.82, 2.24) is 0 Å². The quantitative estimate of drug-likeness (QED) is 0.387. The van der Waals surface area contributed by atoms with Crippen molar-refractivity contribution < 1.29 is 0 Å². The summed E-state index contributed by atoms with van der Waals surface area (Å²) in [6, 6.07) is 35.1. The zero-order chi connectivity index (χ0) is 21.2. The predicted octanol–water partition coefficient (Wildman–Crippen LogP) is 6.57. The monoisotopic (exact) mass is 416 g/mol. The summed E-state index contributed by atoms with van der Waals surface area (Å²) in [6.45, 7) is 2.13. The van der Waals surface area contributed by atoms with Crippen LogP contribution in [0.25, 0.3) is 0 Å². The van der Waals surface area contributed by atoms with Gasteiger partial charge in [0, 0.05) is 39.4 Å². The van der Waals surface area contributed by atoms with Gasteiger partial charge in [0.25, 0.3) is 0 Å². The summed E-state index contributed by atoms with van der Waals surface area (Å²) in [5, 5.41) is 7.70. The highest BCUT2D eigenvalue weighted by Gasteiger charge is 2.50. The molecule has 4 heteroatoms. The summed E-state index contributed by atoms with van der Waals surface area (Å²) in [4.78, 5) is 5.11. The lowest BCUT2D eigenvalue weighted by molar-refractivity contribution is 0.432. The van der Waals surface area contributed by atoms with Crippen molar-refractivity contribution in [3.05, 3.63) is 119 Å². The van der Waals surface area contributed by atoms with Crippen LogP contribution < -0.4 is 20.4 Å². The fourth-order valence-electron chi connectivity index (χ4n) is 5.57. The van der Waals surface area contributed by atoms with E-state index in [9.17, 15) is 0 Å². The van der Waals surface area contributed by atoms with Gasteiger partial charge in [-0.05, 0) is 37.3 Å². The second kappa shape index (κ2) is 6.54. The van der Waals surface area contributed by atoms with Crippen molar-refractivity contribution in [2.24, 2.45) is 0 Å². The lowest BCUT2D eigenvalue weighted by Crippen LogP contribution is -2.58. The van der Waals surface area contributed by atoms with Crippen molar-refractivity contribution in [2.45, 2.75) is 25.4 Å². The van der Waals surface area contributed by atoms with E-state index in [0.717, 1.165) is 5.69 Å². The average molecular weight is 417 g/mol. The van der Waals surface area contributed by atoms with E-state index in [0.29, 0.717) is 0 Å². The van der Waals surface area contributed by atoms with Crippen molar-refractivity contribution in [3.63, 3.8) is 0 Å². The van der Waals surface area contributed by atoms with Gasteiger partial charge < -0.3 is 20.4 Å². The van der Waals surface area contributed by atoms with Gasteiger partial charge in [0.15, 0.2) is 0 Å². The van der Waals surface area contributed by atoms with Crippen LogP contribution in [0.1, 0.15) is 40.8 Å². The van der Waals surface area contributed by atoms with E-state index >= 15 is 0 Å². The van der Waals surface area contributed by atoms with E-state index in [1.54, 1.807) is 0 Å². The summed E-state index contributed by atoms with van der Waals surface area (Å²) >= 11 is 0. The molecule has 4 bridgehead atoms. The van der Waals surface area contributed by atoms with Gasteiger partial charge in [-0.25, -0.2) is 0 Å². The minimum absolute atomic E-state index is 0.0170. The van der Waals surface area contributed by atoms with Gasteiger partial charge in [0.05, 0.1) is 0 Å². The number of hydrogen-bond acceptors (Lipinski definition) is 4. The molecule has 3 aliphatic heterocycles. The average Bonchev–Trinajstić information content (AvgIpc) is 2.84. The van der Waals surface area contributed by atoms with Crippen LogP contribution in [-0.4, -0.2) is 0 Å². The number of fused-ring (bicyclic) bond motifs is 5. The number of aryl methyl sites for hydroxylation is 1. The first-order valence-corrected chi connectivity index (χ1v) is 11.2. The van der Waals surface area contributed by atoms with Crippen molar-refractivity contribution >= 4 is 22.7 Å². The molecular formula is C28H24N4. The summed E-state index contributed by atoms with van der Waals surface area (Å²) < 4.78 is 0. The molecule has 32 heavy (non-hydrogen) atoms. The summed E-state index contributed by atoms with van der Waals surface area (Å²) in [6.07, 6.45) is 0.234. The van der Waals surface area contributed by atoms with Crippen LogP contribution in [0.15, 0.2) is 97.1 Å². The number of hydrogen-bond donors (Lipinski definition) is 2. The standard InChI is InChI=1S/C28H24N4/c1-18-14-16-19(17-15-18)29-26-21-9-3-6-12-24(21)32-27-22-10-4-7-13-25(22)31(26)28(32)20-8-2-5-11-23(20)30-27/h2-17,26-30H,1H3/t26-,27+,28-/m0/s1. The highest BCUT2D eigenvalue weighted by molar-refractivity contribution is 5.79. The van der Waals surface area contributed by atoms with E-state index in [1.807, 2.05) is 0 Å². The van der Waals surface area contributed by atoms with Crippen LogP contribution in [0.4, 0.5) is 22.7 Å². The molecule has 0 saturated heterocycles. The molecule has 4 aromatic carbocycles. The maximum atomic E-state index is 3.87. The Morgan fingerprint density at radius 2 is 1.28 bits per heavy atom. The molecular weight excluding hydrogens is 392 g/mol. The van der Waals surface area contributed by atoms with Crippen LogP contribution in [0.3, 0.4) is 0 Å².